The second-order valence-corrected chi connectivity index (χ2v) is 6.48. The summed E-state index contributed by atoms with van der Waals surface area (Å²) in [5.74, 6) is -0.273. The van der Waals surface area contributed by atoms with Crippen molar-refractivity contribution in [1.82, 2.24) is 5.32 Å². The average Bonchev–Trinajstić information content (AvgIpc) is 2.97. The molecule has 2 amide bonds. The summed E-state index contributed by atoms with van der Waals surface area (Å²) in [5, 5.41) is 2.82. The van der Waals surface area contributed by atoms with Crippen LogP contribution in [0.15, 0.2) is 42.5 Å². The molecule has 3 rings (SSSR count). The van der Waals surface area contributed by atoms with Gasteiger partial charge >= 0.3 is 0 Å². The third kappa shape index (κ3) is 4.20. The van der Waals surface area contributed by atoms with Gasteiger partial charge in [-0.25, -0.2) is 4.39 Å². The molecule has 0 aromatic heterocycles. The lowest BCUT2D eigenvalue weighted by Gasteiger charge is -2.18. The molecule has 2 aromatic carbocycles. The van der Waals surface area contributed by atoms with E-state index in [4.69, 9.17) is 4.74 Å². The molecule has 136 valence electrons. The van der Waals surface area contributed by atoms with E-state index in [0.717, 1.165) is 11.3 Å². The zero-order valence-electron chi connectivity index (χ0n) is 14.8. The first-order valence-corrected chi connectivity index (χ1v) is 8.48. The third-order valence-electron chi connectivity index (χ3n) is 4.48. The summed E-state index contributed by atoms with van der Waals surface area (Å²) >= 11 is 0. The van der Waals surface area contributed by atoms with Gasteiger partial charge in [-0.2, -0.15) is 0 Å². The zero-order chi connectivity index (χ0) is 18.7. The smallest absolute Gasteiger partial charge is 0.258 e. The summed E-state index contributed by atoms with van der Waals surface area (Å²) in [7, 11) is 0. The molecule has 1 heterocycles. The standard InChI is InChI=1S/C20H21FN2O3/c1-13-3-6-17(9-14(13)2)23-11-16(10-20(23)25)22-19(24)12-26-18-7-4-15(21)5-8-18/h3-9,16H,10-12H2,1-2H3,(H,22,24)/t16-/m0/s1. The second kappa shape index (κ2) is 7.56. The van der Waals surface area contributed by atoms with E-state index in [2.05, 4.69) is 5.32 Å². The molecule has 0 unspecified atom stereocenters. The highest BCUT2D eigenvalue weighted by atomic mass is 19.1. The quantitative estimate of drug-likeness (QED) is 0.896. The Bertz CT molecular complexity index is 820. The molecule has 0 aliphatic carbocycles. The van der Waals surface area contributed by atoms with E-state index >= 15 is 0 Å². The first-order chi connectivity index (χ1) is 12.4. The molecule has 0 spiro atoms. The van der Waals surface area contributed by atoms with Crippen molar-refractivity contribution in [3.8, 4) is 5.75 Å². The first kappa shape index (κ1) is 17.9. The summed E-state index contributed by atoms with van der Waals surface area (Å²) < 4.78 is 18.2. The number of ether oxygens (including phenoxy) is 1. The Morgan fingerprint density at radius 1 is 1.19 bits per heavy atom. The van der Waals surface area contributed by atoms with Gasteiger partial charge in [0, 0.05) is 18.7 Å². The van der Waals surface area contributed by atoms with Gasteiger partial charge in [0.05, 0.1) is 6.04 Å². The van der Waals surface area contributed by atoms with E-state index in [0.29, 0.717) is 12.3 Å². The van der Waals surface area contributed by atoms with Gasteiger partial charge in [0.1, 0.15) is 11.6 Å². The van der Waals surface area contributed by atoms with Crippen molar-refractivity contribution in [2.75, 3.05) is 18.1 Å². The van der Waals surface area contributed by atoms with Crippen molar-refractivity contribution < 1.29 is 18.7 Å². The minimum Gasteiger partial charge on any atom is -0.484 e. The van der Waals surface area contributed by atoms with E-state index in [-0.39, 0.29) is 36.7 Å². The lowest BCUT2D eigenvalue weighted by molar-refractivity contribution is -0.123. The number of carbonyl (C=O) groups is 2. The van der Waals surface area contributed by atoms with Gasteiger partial charge in [0.2, 0.25) is 5.91 Å². The van der Waals surface area contributed by atoms with Gasteiger partial charge in [-0.15, -0.1) is 0 Å². The largest absolute Gasteiger partial charge is 0.484 e. The number of hydrogen-bond acceptors (Lipinski definition) is 3. The highest BCUT2D eigenvalue weighted by molar-refractivity contribution is 5.97. The third-order valence-corrected chi connectivity index (χ3v) is 4.48. The van der Waals surface area contributed by atoms with Crippen molar-refractivity contribution in [3.05, 3.63) is 59.4 Å². The number of benzene rings is 2. The fraction of sp³-hybridized carbons (Fsp3) is 0.300. The van der Waals surface area contributed by atoms with Gasteiger partial charge in [-0.1, -0.05) is 6.07 Å². The maximum absolute atomic E-state index is 12.8. The van der Waals surface area contributed by atoms with E-state index in [9.17, 15) is 14.0 Å². The van der Waals surface area contributed by atoms with Crippen LogP contribution in [-0.4, -0.2) is 31.0 Å². The Kier molecular flexibility index (Phi) is 5.21. The molecule has 1 aliphatic rings. The molecule has 0 bridgehead atoms. The van der Waals surface area contributed by atoms with Crippen molar-refractivity contribution in [2.45, 2.75) is 26.3 Å². The van der Waals surface area contributed by atoms with E-state index < -0.39 is 0 Å². The van der Waals surface area contributed by atoms with Crippen LogP contribution in [0.3, 0.4) is 0 Å². The van der Waals surface area contributed by atoms with Crippen molar-refractivity contribution in [1.29, 1.82) is 0 Å². The van der Waals surface area contributed by atoms with E-state index in [1.807, 2.05) is 32.0 Å². The SMILES string of the molecule is Cc1ccc(N2C[C@@H](NC(=O)COc3ccc(F)cc3)CC2=O)cc1C. The van der Waals surface area contributed by atoms with Gasteiger partial charge in [0.25, 0.3) is 5.91 Å². The molecular weight excluding hydrogens is 335 g/mol. The second-order valence-electron chi connectivity index (χ2n) is 6.48. The maximum Gasteiger partial charge on any atom is 0.258 e. The Balaban J connectivity index is 1.54. The minimum atomic E-state index is -0.363. The number of carbonyl (C=O) groups excluding carboxylic acids is 2. The average molecular weight is 356 g/mol. The Hall–Kier alpha value is -2.89. The van der Waals surface area contributed by atoms with Crippen LogP contribution in [0.5, 0.6) is 5.75 Å². The summed E-state index contributed by atoms with van der Waals surface area (Å²) in [6.45, 7) is 4.28. The number of anilines is 1. The summed E-state index contributed by atoms with van der Waals surface area (Å²) in [5.41, 5.74) is 3.14. The molecule has 1 N–H and O–H groups in total. The molecule has 0 saturated carbocycles. The van der Waals surface area contributed by atoms with Crippen LogP contribution >= 0.6 is 0 Å². The number of aryl methyl sites for hydroxylation is 2. The first-order valence-electron chi connectivity index (χ1n) is 8.48. The Morgan fingerprint density at radius 3 is 2.62 bits per heavy atom. The maximum atomic E-state index is 12.8. The molecule has 5 nitrogen and oxygen atoms in total. The number of amides is 2. The lowest BCUT2D eigenvalue weighted by atomic mass is 10.1. The number of nitrogens with one attached hydrogen (secondary N) is 1. The molecule has 0 radical (unpaired) electrons. The predicted octanol–water partition coefficient (Wildman–Crippen LogP) is 2.74. The summed E-state index contributed by atoms with van der Waals surface area (Å²) in [6, 6.07) is 11.1. The van der Waals surface area contributed by atoms with Gasteiger partial charge in [-0.05, 0) is 61.4 Å². The monoisotopic (exact) mass is 356 g/mol. The molecule has 1 atom stereocenters. The summed E-state index contributed by atoms with van der Waals surface area (Å²) in [6.07, 6.45) is 0.259. The van der Waals surface area contributed by atoms with Crippen LogP contribution in [0.4, 0.5) is 10.1 Å². The normalized spacial score (nSPS) is 16.7. The van der Waals surface area contributed by atoms with Crippen molar-refractivity contribution >= 4 is 17.5 Å². The predicted molar refractivity (Wildman–Crippen MR) is 96.7 cm³/mol. The number of nitrogens with zero attached hydrogens (tertiary/aromatic N) is 1. The van der Waals surface area contributed by atoms with Crippen LogP contribution in [-0.2, 0) is 9.59 Å². The van der Waals surface area contributed by atoms with E-state index in [1.165, 1.54) is 29.8 Å². The molecule has 6 heteroatoms. The van der Waals surface area contributed by atoms with Gasteiger partial charge in [0.15, 0.2) is 6.61 Å². The zero-order valence-corrected chi connectivity index (χ0v) is 14.8. The van der Waals surface area contributed by atoms with Crippen LogP contribution in [0.25, 0.3) is 0 Å². The topological polar surface area (TPSA) is 58.6 Å². The number of hydrogen-bond donors (Lipinski definition) is 1. The Labute approximate surface area is 151 Å². The van der Waals surface area contributed by atoms with Crippen LogP contribution < -0.4 is 15.0 Å². The Morgan fingerprint density at radius 2 is 1.92 bits per heavy atom. The van der Waals surface area contributed by atoms with Crippen molar-refractivity contribution in [2.24, 2.45) is 0 Å². The fourth-order valence-corrected chi connectivity index (χ4v) is 2.90. The van der Waals surface area contributed by atoms with E-state index in [1.54, 1.807) is 4.90 Å². The van der Waals surface area contributed by atoms with Crippen LogP contribution in [0.2, 0.25) is 0 Å². The number of halogens is 1. The highest BCUT2D eigenvalue weighted by Crippen LogP contribution is 2.24. The van der Waals surface area contributed by atoms with Gasteiger partial charge in [-0.3, -0.25) is 9.59 Å². The van der Waals surface area contributed by atoms with Gasteiger partial charge < -0.3 is 15.0 Å². The fourth-order valence-electron chi connectivity index (χ4n) is 2.90. The van der Waals surface area contributed by atoms with Crippen LogP contribution in [0.1, 0.15) is 17.5 Å². The lowest BCUT2D eigenvalue weighted by Crippen LogP contribution is -2.39. The number of rotatable bonds is 5. The molecule has 1 fully saturated rings. The molecule has 26 heavy (non-hydrogen) atoms. The molecule has 1 aliphatic heterocycles. The molecule has 1 saturated heterocycles. The molecule has 2 aromatic rings. The highest BCUT2D eigenvalue weighted by Gasteiger charge is 2.31. The molecular formula is C20H21FN2O3. The van der Waals surface area contributed by atoms with Crippen LogP contribution in [0, 0.1) is 19.7 Å². The summed E-state index contributed by atoms with van der Waals surface area (Å²) in [4.78, 5) is 26.0. The minimum absolute atomic E-state index is 0.0157. The van der Waals surface area contributed by atoms with Crippen molar-refractivity contribution in [3.63, 3.8) is 0 Å².